The fraction of sp³-hybridized carbons (Fsp3) is 0.167. The third-order valence-electron chi connectivity index (χ3n) is 2.10. The molecule has 84 valence electrons. The predicted octanol–water partition coefficient (Wildman–Crippen LogP) is 1.64. The zero-order chi connectivity index (χ0) is 12.1. The molecule has 1 aromatic carbocycles. The minimum Gasteiger partial charge on any atom is -0.477 e. The molecule has 16 heavy (non-hydrogen) atoms. The number of rotatable bonds is 3. The molecule has 2 N–H and O–H groups in total. The topological polar surface area (TPSA) is 66.4 Å². The SMILES string of the molecule is CC(=O)N/C(C(=O)O)=C(\C)c1ccccc1. The van der Waals surface area contributed by atoms with Gasteiger partial charge in [0.25, 0.3) is 0 Å². The number of allylic oxidation sites excluding steroid dienone is 1. The van der Waals surface area contributed by atoms with Crippen LogP contribution in [0, 0.1) is 0 Å². The van der Waals surface area contributed by atoms with Gasteiger partial charge in [0.1, 0.15) is 5.70 Å². The molecule has 0 aliphatic carbocycles. The van der Waals surface area contributed by atoms with Crippen LogP contribution in [0.3, 0.4) is 0 Å². The van der Waals surface area contributed by atoms with Gasteiger partial charge in [-0.25, -0.2) is 4.79 Å². The van der Waals surface area contributed by atoms with Gasteiger partial charge in [-0.05, 0) is 18.1 Å². The van der Waals surface area contributed by atoms with Crippen LogP contribution in [0.2, 0.25) is 0 Å². The molecule has 0 unspecified atom stereocenters. The molecular weight excluding hydrogens is 206 g/mol. The average Bonchev–Trinajstić information content (AvgIpc) is 2.25. The Labute approximate surface area is 93.6 Å². The maximum Gasteiger partial charge on any atom is 0.352 e. The number of amides is 1. The van der Waals surface area contributed by atoms with Crippen LogP contribution in [0.5, 0.6) is 0 Å². The molecule has 1 aromatic rings. The smallest absolute Gasteiger partial charge is 0.352 e. The van der Waals surface area contributed by atoms with Crippen molar-refractivity contribution in [3.05, 3.63) is 41.6 Å². The second-order valence-electron chi connectivity index (χ2n) is 3.35. The number of hydrogen-bond acceptors (Lipinski definition) is 2. The van der Waals surface area contributed by atoms with Crippen LogP contribution in [0.1, 0.15) is 19.4 Å². The van der Waals surface area contributed by atoms with E-state index < -0.39 is 11.9 Å². The lowest BCUT2D eigenvalue weighted by Gasteiger charge is -2.08. The predicted molar refractivity (Wildman–Crippen MR) is 60.5 cm³/mol. The van der Waals surface area contributed by atoms with Crippen molar-refractivity contribution < 1.29 is 14.7 Å². The highest BCUT2D eigenvalue weighted by Crippen LogP contribution is 2.16. The number of carbonyl (C=O) groups is 2. The summed E-state index contributed by atoms with van der Waals surface area (Å²) >= 11 is 0. The van der Waals surface area contributed by atoms with Crippen molar-refractivity contribution in [1.29, 1.82) is 0 Å². The third-order valence-corrected chi connectivity index (χ3v) is 2.10. The van der Waals surface area contributed by atoms with E-state index in [-0.39, 0.29) is 5.70 Å². The van der Waals surface area contributed by atoms with Crippen LogP contribution in [0.15, 0.2) is 36.0 Å². The van der Waals surface area contributed by atoms with Gasteiger partial charge in [-0.1, -0.05) is 30.3 Å². The number of benzene rings is 1. The Bertz CT molecular complexity index is 435. The summed E-state index contributed by atoms with van der Waals surface area (Å²) < 4.78 is 0. The Kier molecular flexibility index (Phi) is 3.83. The summed E-state index contributed by atoms with van der Waals surface area (Å²) in [5, 5.41) is 11.3. The minimum absolute atomic E-state index is 0.0845. The summed E-state index contributed by atoms with van der Waals surface area (Å²) in [6.45, 7) is 2.94. The lowest BCUT2D eigenvalue weighted by molar-refractivity contribution is -0.134. The number of hydrogen-bond donors (Lipinski definition) is 2. The number of carboxylic acids is 1. The third kappa shape index (κ3) is 2.95. The zero-order valence-corrected chi connectivity index (χ0v) is 9.15. The van der Waals surface area contributed by atoms with Gasteiger partial charge >= 0.3 is 5.97 Å². The van der Waals surface area contributed by atoms with Crippen molar-refractivity contribution in [1.82, 2.24) is 5.32 Å². The molecule has 1 rings (SSSR count). The first-order valence-electron chi connectivity index (χ1n) is 4.79. The normalized spacial score (nSPS) is 11.6. The summed E-state index contributed by atoms with van der Waals surface area (Å²) in [7, 11) is 0. The molecule has 0 saturated heterocycles. The van der Waals surface area contributed by atoms with Gasteiger partial charge in [-0.15, -0.1) is 0 Å². The molecule has 0 aliphatic heterocycles. The van der Waals surface area contributed by atoms with Gasteiger partial charge in [0.05, 0.1) is 0 Å². The maximum absolute atomic E-state index is 11.0. The molecular formula is C12H13NO3. The summed E-state index contributed by atoms with van der Waals surface area (Å²) in [6.07, 6.45) is 0. The van der Waals surface area contributed by atoms with Crippen LogP contribution in [-0.2, 0) is 9.59 Å². The highest BCUT2D eigenvalue weighted by atomic mass is 16.4. The molecule has 1 amide bonds. The summed E-state index contributed by atoms with van der Waals surface area (Å²) in [4.78, 5) is 21.9. The molecule has 0 aromatic heterocycles. The lowest BCUT2D eigenvalue weighted by atomic mass is 10.1. The van der Waals surface area contributed by atoms with Crippen LogP contribution < -0.4 is 5.32 Å². The Hall–Kier alpha value is -2.10. The molecule has 0 saturated carbocycles. The van der Waals surface area contributed by atoms with Gasteiger partial charge in [0.15, 0.2) is 0 Å². The summed E-state index contributed by atoms with van der Waals surface area (Å²) in [6, 6.07) is 9.05. The largest absolute Gasteiger partial charge is 0.477 e. The monoisotopic (exact) mass is 219 g/mol. The van der Waals surface area contributed by atoms with E-state index in [9.17, 15) is 9.59 Å². The Balaban J connectivity index is 3.16. The van der Waals surface area contributed by atoms with E-state index in [0.29, 0.717) is 5.57 Å². The fourth-order valence-corrected chi connectivity index (χ4v) is 1.32. The van der Waals surface area contributed by atoms with Gasteiger partial charge in [0.2, 0.25) is 5.91 Å². The Morgan fingerprint density at radius 3 is 2.12 bits per heavy atom. The summed E-state index contributed by atoms with van der Waals surface area (Å²) in [5.74, 6) is -1.54. The van der Waals surface area contributed by atoms with E-state index in [2.05, 4.69) is 5.32 Å². The van der Waals surface area contributed by atoms with Gasteiger partial charge in [-0.3, -0.25) is 4.79 Å². The highest BCUT2D eigenvalue weighted by Gasteiger charge is 2.13. The second kappa shape index (κ2) is 5.11. The molecule has 0 aliphatic rings. The van der Waals surface area contributed by atoms with E-state index in [1.807, 2.05) is 18.2 Å². The van der Waals surface area contributed by atoms with Crippen molar-refractivity contribution in [3.8, 4) is 0 Å². The number of nitrogens with one attached hydrogen (secondary N) is 1. The molecule has 0 fully saturated rings. The van der Waals surface area contributed by atoms with Gasteiger partial charge in [-0.2, -0.15) is 0 Å². The second-order valence-corrected chi connectivity index (χ2v) is 3.35. The summed E-state index contributed by atoms with van der Waals surface area (Å²) in [5.41, 5.74) is 1.22. The number of carboxylic acid groups (broad SMARTS) is 1. The molecule has 0 bridgehead atoms. The molecule has 0 spiro atoms. The minimum atomic E-state index is -1.14. The van der Waals surface area contributed by atoms with Crippen LogP contribution >= 0.6 is 0 Å². The standard InChI is InChI=1S/C12H13NO3/c1-8(10-6-4-3-5-7-10)11(12(15)16)13-9(2)14/h3-7H,1-2H3,(H,13,14)(H,15,16)/b11-8+. The lowest BCUT2D eigenvalue weighted by Crippen LogP contribution is -2.25. The van der Waals surface area contributed by atoms with E-state index in [4.69, 9.17) is 5.11 Å². The molecule has 0 radical (unpaired) electrons. The van der Waals surface area contributed by atoms with Crippen molar-refractivity contribution >= 4 is 17.4 Å². The van der Waals surface area contributed by atoms with Crippen LogP contribution in [0.25, 0.3) is 5.57 Å². The molecule has 0 heterocycles. The molecule has 4 heteroatoms. The van der Waals surface area contributed by atoms with Crippen LogP contribution in [-0.4, -0.2) is 17.0 Å². The number of aliphatic carboxylic acids is 1. The van der Waals surface area contributed by atoms with Crippen molar-refractivity contribution in [2.75, 3.05) is 0 Å². The first-order valence-corrected chi connectivity index (χ1v) is 4.79. The quantitative estimate of drug-likeness (QED) is 0.759. The van der Waals surface area contributed by atoms with Gasteiger partial charge in [0, 0.05) is 6.92 Å². The van der Waals surface area contributed by atoms with Gasteiger partial charge < -0.3 is 10.4 Å². The average molecular weight is 219 g/mol. The molecule has 4 nitrogen and oxygen atoms in total. The fourth-order valence-electron chi connectivity index (χ4n) is 1.32. The first-order chi connectivity index (χ1) is 7.52. The number of carbonyl (C=O) groups excluding carboxylic acids is 1. The van der Waals surface area contributed by atoms with E-state index in [0.717, 1.165) is 5.56 Å². The Morgan fingerprint density at radius 2 is 1.69 bits per heavy atom. The Morgan fingerprint density at radius 1 is 1.12 bits per heavy atom. The van der Waals surface area contributed by atoms with Crippen LogP contribution in [0.4, 0.5) is 0 Å². The zero-order valence-electron chi connectivity index (χ0n) is 9.15. The van der Waals surface area contributed by atoms with E-state index >= 15 is 0 Å². The molecule has 0 atom stereocenters. The highest BCUT2D eigenvalue weighted by molar-refractivity contribution is 5.99. The van der Waals surface area contributed by atoms with E-state index in [1.54, 1.807) is 19.1 Å². The maximum atomic E-state index is 11.0. The van der Waals surface area contributed by atoms with E-state index in [1.165, 1.54) is 6.92 Å². The van der Waals surface area contributed by atoms with Crippen molar-refractivity contribution in [2.45, 2.75) is 13.8 Å². The van der Waals surface area contributed by atoms with Crippen molar-refractivity contribution in [3.63, 3.8) is 0 Å². The van der Waals surface area contributed by atoms with Crippen molar-refractivity contribution in [2.24, 2.45) is 0 Å². The first kappa shape index (κ1) is 12.0.